The fraction of sp³-hybridized carbons (Fsp3) is 1.00. The molecule has 14 heavy (non-hydrogen) atoms. The Labute approximate surface area is 89.1 Å². The normalized spacial score (nSPS) is 25.9. The highest BCUT2D eigenvalue weighted by molar-refractivity contribution is 4.86. The minimum atomic E-state index is 0.583. The highest BCUT2D eigenvalue weighted by Gasteiger charge is 2.30. The number of nitrogens with one attached hydrogen (secondary N) is 1. The van der Waals surface area contributed by atoms with E-state index in [-0.39, 0.29) is 0 Å². The molecule has 0 bridgehead atoms. The summed E-state index contributed by atoms with van der Waals surface area (Å²) < 4.78 is 0. The Kier molecular flexibility index (Phi) is 4.39. The van der Waals surface area contributed by atoms with Crippen molar-refractivity contribution in [3.8, 4) is 0 Å². The number of rotatable bonds is 5. The van der Waals surface area contributed by atoms with Crippen LogP contribution >= 0.6 is 0 Å². The van der Waals surface area contributed by atoms with E-state index in [1.165, 1.54) is 38.8 Å². The van der Waals surface area contributed by atoms with Gasteiger partial charge in [-0.15, -0.1) is 0 Å². The van der Waals surface area contributed by atoms with Crippen LogP contribution in [0.3, 0.4) is 0 Å². The third kappa shape index (κ3) is 4.43. The molecule has 0 aliphatic heterocycles. The van der Waals surface area contributed by atoms with Gasteiger partial charge in [0.2, 0.25) is 0 Å². The Balaban J connectivity index is 2.03. The second kappa shape index (κ2) is 5.13. The molecule has 0 radical (unpaired) electrons. The van der Waals surface area contributed by atoms with Gasteiger partial charge in [-0.25, -0.2) is 0 Å². The van der Waals surface area contributed by atoms with Gasteiger partial charge in [0.15, 0.2) is 0 Å². The summed E-state index contributed by atoms with van der Waals surface area (Å²) in [5.74, 6) is 0. The third-order valence-corrected chi connectivity index (χ3v) is 3.18. The van der Waals surface area contributed by atoms with Gasteiger partial charge in [0.25, 0.3) is 0 Å². The minimum Gasteiger partial charge on any atom is -0.314 e. The highest BCUT2D eigenvalue weighted by atomic mass is 15.1. The summed E-state index contributed by atoms with van der Waals surface area (Å²) in [7, 11) is 4.28. The van der Waals surface area contributed by atoms with Crippen molar-refractivity contribution in [1.82, 2.24) is 10.2 Å². The molecule has 2 heteroatoms. The maximum atomic E-state index is 3.67. The molecule has 0 aromatic heterocycles. The second-order valence-electron chi connectivity index (χ2n) is 5.71. The summed E-state index contributed by atoms with van der Waals surface area (Å²) in [5.41, 5.74) is 0.583. The maximum Gasteiger partial charge on any atom is 0.00723 e. The maximum absolute atomic E-state index is 3.67. The van der Waals surface area contributed by atoms with Crippen molar-refractivity contribution in [1.29, 1.82) is 0 Å². The topological polar surface area (TPSA) is 15.3 Å². The number of nitrogens with zero attached hydrogens (tertiary/aromatic N) is 1. The lowest BCUT2D eigenvalue weighted by atomic mass is 9.92. The molecule has 1 unspecified atom stereocenters. The summed E-state index contributed by atoms with van der Waals surface area (Å²) in [6.45, 7) is 7.14. The first-order valence-electron chi connectivity index (χ1n) is 5.88. The molecule has 0 aromatic carbocycles. The van der Waals surface area contributed by atoms with E-state index >= 15 is 0 Å². The Morgan fingerprint density at radius 2 is 2.07 bits per heavy atom. The van der Waals surface area contributed by atoms with Crippen LogP contribution in [0.15, 0.2) is 0 Å². The van der Waals surface area contributed by atoms with Gasteiger partial charge in [-0.05, 0) is 58.3 Å². The lowest BCUT2D eigenvalue weighted by Gasteiger charge is -2.18. The largest absolute Gasteiger partial charge is 0.314 e. The smallest absolute Gasteiger partial charge is 0.00723 e. The molecular formula is C12H26N2. The summed E-state index contributed by atoms with van der Waals surface area (Å²) >= 11 is 0. The van der Waals surface area contributed by atoms with E-state index in [1.54, 1.807) is 0 Å². The van der Waals surface area contributed by atoms with Gasteiger partial charge in [0, 0.05) is 6.04 Å². The zero-order valence-corrected chi connectivity index (χ0v) is 10.3. The quantitative estimate of drug-likeness (QED) is 0.681. The molecule has 1 atom stereocenters. The summed E-state index contributed by atoms with van der Waals surface area (Å²) in [5, 5.41) is 3.67. The fourth-order valence-electron chi connectivity index (χ4n) is 2.31. The molecule has 1 aliphatic carbocycles. The first-order chi connectivity index (χ1) is 6.49. The van der Waals surface area contributed by atoms with E-state index in [2.05, 4.69) is 38.2 Å². The van der Waals surface area contributed by atoms with Gasteiger partial charge >= 0.3 is 0 Å². The molecule has 84 valence electrons. The van der Waals surface area contributed by atoms with Gasteiger partial charge in [-0.1, -0.05) is 13.8 Å². The van der Waals surface area contributed by atoms with E-state index in [4.69, 9.17) is 0 Å². The highest BCUT2D eigenvalue weighted by Crippen LogP contribution is 2.36. The van der Waals surface area contributed by atoms with Crippen LogP contribution in [0.2, 0.25) is 0 Å². The molecule has 1 N–H and O–H groups in total. The van der Waals surface area contributed by atoms with Crippen LogP contribution in [0.25, 0.3) is 0 Å². The van der Waals surface area contributed by atoms with Gasteiger partial charge in [-0.3, -0.25) is 0 Å². The molecule has 2 nitrogen and oxygen atoms in total. The van der Waals surface area contributed by atoms with Gasteiger partial charge in [-0.2, -0.15) is 0 Å². The fourth-order valence-corrected chi connectivity index (χ4v) is 2.31. The SMILES string of the molecule is CN(C)CCCNC1CCC(C)(C)C1. The van der Waals surface area contributed by atoms with Crippen LogP contribution in [-0.4, -0.2) is 38.1 Å². The van der Waals surface area contributed by atoms with E-state index < -0.39 is 0 Å². The Bertz CT molecular complexity index is 164. The molecule has 0 spiro atoms. The van der Waals surface area contributed by atoms with Crippen molar-refractivity contribution in [3.05, 3.63) is 0 Å². The third-order valence-electron chi connectivity index (χ3n) is 3.18. The van der Waals surface area contributed by atoms with Gasteiger partial charge in [0.05, 0.1) is 0 Å². The standard InChI is InChI=1S/C12H26N2/c1-12(2)7-6-11(10-12)13-8-5-9-14(3)4/h11,13H,5-10H2,1-4H3. The van der Waals surface area contributed by atoms with Crippen molar-refractivity contribution < 1.29 is 0 Å². The molecule has 1 aliphatic rings. The second-order valence-corrected chi connectivity index (χ2v) is 5.71. The zero-order chi connectivity index (χ0) is 10.6. The monoisotopic (exact) mass is 198 g/mol. The average Bonchev–Trinajstić information content (AvgIpc) is 2.39. The van der Waals surface area contributed by atoms with E-state index in [1.807, 2.05) is 0 Å². The predicted octanol–water partition coefficient (Wildman–Crippen LogP) is 2.11. The van der Waals surface area contributed by atoms with E-state index in [9.17, 15) is 0 Å². The summed E-state index contributed by atoms with van der Waals surface area (Å²) in [6.07, 6.45) is 5.38. The summed E-state index contributed by atoms with van der Waals surface area (Å²) in [6, 6.07) is 0.784. The first-order valence-corrected chi connectivity index (χ1v) is 5.88. The predicted molar refractivity (Wildman–Crippen MR) is 62.6 cm³/mol. The molecule has 0 aromatic rings. The number of hydrogen-bond donors (Lipinski definition) is 1. The Hall–Kier alpha value is -0.0800. The lowest BCUT2D eigenvalue weighted by molar-refractivity contribution is 0.356. The van der Waals surface area contributed by atoms with Crippen LogP contribution in [0, 0.1) is 5.41 Å². The molecule has 0 amide bonds. The van der Waals surface area contributed by atoms with Crippen LogP contribution in [0.5, 0.6) is 0 Å². The number of hydrogen-bond acceptors (Lipinski definition) is 2. The van der Waals surface area contributed by atoms with Crippen LogP contribution in [-0.2, 0) is 0 Å². The van der Waals surface area contributed by atoms with Crippen LogP contribution in [0.4, 0.5) is 0 Å². The minimum absolute atomic E-state index is 0.583. The molecular weight excluding hydrogens is 172 g/mol. The van der Waals surface area contributed by atoms with E-state index in [0.717, 1.165) is 6.04 Å². The van der Waals surface area contributed by atoms with Crippen molar-refractivity contribution in [2.75, 3.05) is 27.2 Å². The first kappa shape index (κ1) is 12.0. The molecule has 0 saturated heterocycles. The molecule has 1 rings (SSSR count). The molecule has 1 saturated carbocycles. The van der Waals surface area contributed by atoms with Crippen molar-refractivity contribution in [2.24, 2.45) is 5.41 Å². The Morgan fingerprint density at radius 1 is 1.36 bits per heavy atom. The zero-order valence-electron chi connectivity index (χ0n) is 10.3. The Morgan fingerprint density at radius 3 is 2.57 bits per heavy atom. The van der Waals surface area contributed by atoms with E-state index in [0.29, 0.717) is 5.41 Å². The lowest BCUT2D eigenvalue weighted by Crippen LogP contribution is -2.30. The van der Waals surface area contributed by atoms with Crippen molar-refractivity contribution >= 4 is 0 Å². The van der Waals surface area contributed by atoms with Crippen molar-refractivity contribution in [3.63, 3.8) is 0 Å². The average molecular weight is 198 g/mol. The van der Waals surface area contributed by atoms with Crippen molar-refractivity contribution in [2.45, 2.75) is 45.6 Å². The summed E-state index contributed by atoms with van der Waals surface area (Å²) in [4.78, 5) is 2.25. The van der Waals surface area contributed by atoms with Gasteiger partial charge < -0.3 is 10.2 Å². The molecule has 1 fully saturated rings. The van der Waals surface area contributed by atoms with Crippen LogP contribution in [0.1, 0.15) is 39.5 Å². The van der Waals surface area contributed by atoms with Gasteiger partial charge in [0.1, 0.15) is 0 Å². The molecule has 0 heterocycles. The van der Waals surface area contributed by atoms with Crippen LogP contribution < -0.4 is 5.32 Å².